The van der Waals surface area contributed by atoms with Gasteiger partial charge in [-0.15, -0.1) is 0 Å². The first-order valence-corrected chi connectivity index (χ1v) is 11.4. The van der Waals surface area contributed by atoms with Crippen LogP contribution in [-0.4, -0.2) is 51.6 Å². The van der Waals surface area contributed by atoms with Gasteiger partial charge in [0.15, 0.2) is 6.10 Å². The number of hydrogen-bond donors (Lipinski definition) is 1. The highest BCUT2D eigenvalue weighted by Gasteiger charge is 2.47. The maximum atomic E-state index is 13.1. The first-order chi connectivity index (χ1) is 16.1. The lowest BCUT2D eigenvalue weighted by Crippen LogP contribution is -2.53. The van der Waals surface area contributed by atoms with Crippen molar-refractivity contribution in [1.29, 1.82) is 0 Å². The van der Waals surface area contributed by atoms with Gasteiger partial charge in [0.25, 0.3) is 5.91 Å². The van der Waals surface area contributed by atoms with Crippen LogP contribution in [-0.2, 0) is 34.8 Å². The van der Waals surface area contributed by atoms with Crippen LogP contribution in [0.4, 0.5) is 0 Å². The Morgan fingerprint density at radius 1 is 1.21 bits per heavy atom. The molecule has 1 aromatic carbocycles. The average Bonchev–Trinajstić information content (AvgIpc) is 3.35. The normalized spacial score (nSPS) is 19.7. The predicted molar refractivity (Wildman–Crippen MR) is 122 cm³/mol. The van der Waals surface area contributed by atoms with Gasteiger partial charge in [-0.2, -0.15) is 0 Å². The topological polar surface area (TPSA) is 81.5 Å². The van der Waals surface area contributed by atoms with Crippen LogP contribution in [0.15, 0.2) is 61.2 Å². The van der Waals surface area contributed by atoms with Crippen LogP contribution in [0.3, 0.4) is 0 Å². The van der Waals surface area contributed by atoms with Crippen molar-refractivity contribution >= 4 is 5.91 Å². The molecular formula is C25H29N5O3. The first kappa shape index (κ1) is 21.6. The van der Waals surface area contributed by atoms with E-state index >= 15 is 0 Å². The van der Waals surface area contributed by atoms with Crippen LogP contribution in [0.25, 0.3) is 0 Å². The number of ether oxygens (including phenoxy) is 2. The molecule has 1 spiro atoms. The van der Waals surface area contributed by atoms with E-state index < -0.39 is 11.7 Å². The molecule has 1 N–H and O–H groups in total. The minimum absolute atomic E-state index is 0.102. The van der Waals surface area contributed by atoms with Crippen molar-refractivity contribution in [3.63, 3.8) is 0 Å². The molecule has 1 saturated heterocycles. The number of amides is 1. The second-order valence-corrected chi connectivity index (χ2v) is 8.71. The van der Waals surface area contributed by atoms with Crippen molar-refractivity contribution in [2.45, 2.75) is 44.2 Å². The van der Waals surface area contributed by atoms with E-state index in [1.807, 2.05) is 42.7 Å². The van der Waals surface area contributed by atoms with Crippen molar-refractivity contribution in [3.05, 3.63) is 78.1 Å². The van der Waals surface area contributed by atoms with Crippen molar-refractivity contribution in [2.75, 3.05) is 20.2 Å². The summed E-state index contributed by atoms with van der Waals surface area (Å²) in [6, 6.07) is 11.8. The summed E-state index contributed by atoms with van der Waals surface area (Å²) in [5, 5.41) is 3.04. The Bertz CT molecular complexity index is 1090. The van der Waals surface area contributed by atoms with Gasteiger partial charge >= 0.3 is 0 Å². The lowest BCUT2D eigenvalue weighted by molar-refractivity contribution is -0.174. The van der Waals surface area contributed by atoms with Gasteiger partial charge in [0, 0.05) is 51.0 Å². The minimum Gasteiger partial charge on any atom is -0.497 e. The van der Waals surface area contributed by atoms with Crippen LogP contribution in [0, 0.1) is 0 Å². The fourth-order valence-electron chi connectivity index (χ4n) is 4.78. The highest BCUT2D eigenvalue weighted by Crippen LogP contribution is 2.40. The molecule has 33 heavy (non-hydrogen) atoms. The van der Waals surface area contributed by atoms with Crippen LogP contribution in [0.5, 0.6) is 5.75 Å². The van der Waals surface area contributed by atoms with E-state index in [9.17, 15) is 4.79 Å². The number of carbonyl (C=O) groups is 1. The molecule has 1 amide bonds. The molecular weight excluding hydrogens is 418 g/mol. The van der Waals surface area contributed by atoms with E-state index in [1.165, 1.54) is 5.56 Å². The maximum Gasteiger partial charge on any atom is 0.251 e. The zero-order chi connectivity index (χ0) is 22.7. The molecule has 5 rings (SSSR count). The molecule has 0 saturated carbocycles. The second kappa shape index (κ2) is 9.33. The number of fused-ring (bicyclic) bond motifs is 2. The summed E-state index contributed by atoms with van der Waals surface area (Å²) in [5.74, 6) is 1.60. The lowest BCUT2D eigenvalue weighted by atomic mass is 9.88. The fourth-order valence-corrected chi connectivity index (χ4v) is 4.78. The molecule has 0 bridgehead atoms. The molecule has 2 aromatic heterocycles. The summed E-state index contributed by atoms with van der Waals surface area (Å²) < 4.78 is 13.9. The van der Waals surface area contributed by atoms with Crippen LogP contribution in [0.2, 0.25) is 0 Å². The van der Waals surface area contributed by atoms with Gasteiger partial charge in [0.1, 0.15) is 17.2 Å². The number of pyridine rings is 1. The number of methoxy groups -OCH3 is 1. The molecule has 1 atom stereocenters. The summed E-state index contributed by atoms with van der Waals surface area (Å²) in [7, 11) is 1.64. The number of aromatic nitrogens is 3. The number of carbonyl (C=O) groups excluding carboxylic acids is 1. The Hall–Kier alpha value is -3.23. The van der Waals surface area contributed by atoms with Crippen molar-refractivity contribution < 1.29 is 14.3 Å². The van der Waals surface area contributed by atoms with E-state index in [0.29, 0.717) is 13.1 Å². The molecule has 2 aliphatic heterocycles. The summed E-state index contributed by atoms with van der Waals surface area (Å²) in [6.07, 6.45) is 8.50. The summed E-state index contributed by atoms with van der Waals surface area (Å²) >= 11 is 0. The molecule has 0 aliphatic carbocycles. The SMILES string of the molecule is COc1cccc(CNC(=O)[C@H]2Cn3ccnc3C3(CCN(Cc4cccnc4)CC3)O2)c1. The number of likely N-dealkylation sites (tertiary alicyclic amines) is 1. The molecule has 8 heteroatoms. The molecule has 1 fully saturated rings. The number of piperidine rings is 1. The molecule has 172 valence electrons. The van der Waals surface area contributed by atoms with Crippen LogP contribution in [0.1, 0.15) is 29.8 Å². The third-order valence-corrected chi connectivity index (χ3v) is 6.54. The highest BCUT2D eigenvalue weighted by atomic mass is 16.5. The zero-order valence-electron chi connectivity index (χ0n) is 18.8. The Kier molecular flexibility index (Phi) is 6.11. The van der Waals surface area contributed by atoms with E-state index in [0.717, 1.165) is 49.6 Å². The Labute approximate surface area is 193 Å². The fraction of sp³-hybridized carbons (Fsp3) is 0.400. The highest BCUT2D eigenvalue weighted by molar-refractivity contribution is 5.81. The quantitative estimate of drug-likeness (QED) is 0.625. The first-order valence-electron chi connectivity index (χ1n) is 11.4. The largest absolute Gasteiger partial charge is 0.497 e. The second-order valence-electron chi connectivity index (χ2n) is 8.71. The molecule has 0 unspecified atom stereocenters. The van der Waals surface area contributed by atoms with E-state index in [1.54, 1.807) is 19.5 Å². The van der Waals surface area contributed by atoms with Gasteiger partial charge in [0.05, 0.1) is 13.7 Å². The number of hydrogen-bond acceptors (Lipinski definition) is 6. The van der Waals surface area contributed by atoms with Crippen molar-refractivity contribution in [3.8, 4) is 5.75 Å². The standard InChI is InChI=1S/C25H29N5O3/c1-32-21-6-2-4-19(14-21)16-28-23(31)22-18-30-13-10-27-24(30)25(33-22)7-11-29(12-8-25)17-20-5-3-9-26-15-20/h2-6,9-10,13-15,22H,7-8,11-12,16-18H2,1H3,(H,28,31)/t22-/m1/s1. The number of nitrogens with zero attached hydrogens (tertiary/aromatic N) is 4. The Morgan fingerprint density at radius 3 is 2.85 bits per heavy atom. The third-order valence-electron chi connectivity index (χ3n) is 6.54. The molecule has 2 aliphatic rings. The van der Waals surface area contributed by atoms with Gasteiger partial charge in [-0.1, -0.05) is 18.2 Å². The van der Waals surface area contributed by atoms with Gasteiger partial charge in [-0.25, -0.2) is 4.98 Å². The van der Waals surface area contributed by atoms with Gasteiger partial charge in [-0.05, 0) is 42.2 Å². The number of nitrogens with one attached hydrogen (secondary N) is 1. The van der Waals surface area contributed by atoms with Gasteiger partial charge in [-0.3, -0.25) is 14.7 Å². The minimum atomic E-state index is -0.554. The van der Waals surface area contributed by atoms with Gasteiger partial charge in [0.2, 0.25) is 0 Å². The van der Waals surface area contributed by atoms with Crippen LogP contribution >= 0.6 is 0 Å². The zero-order valence-corrected chi connectivity index (χ0v) is 18.8. The predicted octanol–water partition coefficient (Wildman–Crippen LogP) is 2.49. The van der Waals surface area contributed by atoms with Gasteiger partial charge < -0.3 is 19.4 Å². The number of rotatable bonds is 6. The summed E-state index contributed by atoms with van der Waals surface area (Å²) in [5.41, 5.74) is 1.65. The van der Waals surface area contributed by atoms with Crippen LogP contribution < -0.4 is 10.1 Å². The molecule has 0 radical (unpaired) electrons. The van der Waals surface area contributed by atoms with Crippen molar-refractivity contribution in [1.82, 2.24) is 24.8 Å². The number of imidazole rings is 1. The van der Waals surface area contributed by atoms with E-state index in [2.05, 4.69) is 30.8 Å². The Morgan fingerprint density at radius 2 is 2.06 bits per heavy atom. The summed E-state index contributed by atoms with van der Waals surface area (Å²) in [6.45, 7) is 3.52. The lowest BCUT2D eigenvalue weighted by Gasteiger charge is -2.45. The number of benzene rings is 1. The van der Waals surface area contributed by atoms with E-state index in [-0.39, 0.29) is 5.91 Å². The molecule has 4 heterocycles. The monoisotopic (exact) mass is 447 g/mol. The smallest absolute Gasteiger partial charge is 0.251 e. The third kappa shape index (κ3) is 4.62. The molecule has 3 aromatic rings. The van der Waals surface area contributed by atoms with Crippen molar-refractivity contribution in [2.24, 2.45) is 0 Å². The van der Waals surface area contributed by atoms with E-state index in [4.69, 9.17) is 9.47 Å². The molecule has 8 nitrogen and oxygen atoms in total. The maximum absolute atomic E-state index is 13.1. The Balaban J connectivity index is 1.25. The average molecular weight is 448 g/mol. The summed E-state index contributed by atoms with van der Waals surface area (Å²) in [4.78, 5) is 24.3.